The fourth-order valence-electron chi connectivity index (χ4n) is 3.35. The van der Waals surface area contributed by atoms with Crippen LogP contribution in [0.3, 0.4) is 0 Å². The Morgan fingerprint density at radius 1 is 0.871 bits per heavy atom. The summed E-state index contributed by atoms with van der Waals surface area (Å²) in [6.45, 7) is 0.201. The SMILES string of the molecule is O=C1C=C(Nc2cccc(-c3cccc(OCc4ccccc4)c3)c2)C(=O)N1CCO. The van der Waals surface area contributed by atoms with Crippen molar-refractivity contribution in [1.29, 1.82) is 0 Å². The van der Waals surface area contributed by atoms with E-state index in [1.165, 1.54) is 6.08 Å². The van der Waals surface area contributed by atoms with Crippen molar-refractivity contribution in [2.75, 3.05) is 18.5 Å². The summed E-state index contributed by atoms with van der Waals surface area (Å²) in [5.41, 5.74) is 3.89. The van der Waals surface area contributed by atoms with E-state index >= 15 is 0 Å². The van der Waals surface area contributed by atoms with Crippen molar-refractivity contribution in [3.05, 3.63) is 96.2 Å². The number of rotatable bonds is 8. The van der Waals surface area contributed by atoms with Crippen molar-refractivity contribution in [3.8, 4) is 16.9 Å². The van der Waals surface area contributed by atoms with Gasteiger partial charge in [-0.25, -0.2) is 0 Å². The van der Waals surface area contributed by atoms with Crippen LogP contribution in [0, 0.1) is 0 Å². The summed E-state index contributed by atoms with van der Waals surface area (Å²) in [4.78, 5) is 25.3. The maximum Gasteiger partial charge on any atom is 0.277 e. The lowest BCUT2D eigenvalue weighted by atomic mass is 10.0. The Morgan fingerprint density at radius 3 is 2.39 bits per heavy atom. The molecule has 6 nitrogen and oxygen atoms in total. The molecular formula is C25H22N2O4. The van der Waals surface area contributed by atoms with Gasteiger partial charge in [0.1, 0.15) is 18.1 Å². The minimum Gasteiger partial charge on any atom is -0.489 e. The van der Waals surface area contributed by atoms with Crippen LogP contribution in [0.4, 0.5) is 5.69 Å². The van der Waals surface area contributed by atoms with Gasteiger partial charge in [-0.2, -0.15) is 0 Å². The van der Waals surface area contributed by atoms with E-state index in [2.05, 4.69) is 5.32 Å². The standard InChI is InChI=1S/C25H22N2O4/c28-13-12-27-24(29)16-23(25(27)30)26-21-10-4-8-19(14-21)20-9-5-11-22(15-20)31-17-18-6-2-1-3-7-18/h1-11,14-16,26,28H,12-13,17H2. The summed E-state index contributed by atoms with van der Waals surface area (Å²) in [5, 5.41) is 12.0. The number of aliphatic hydroxyl groups is 1. The third kappa shape index (κ3) is 4.82. The van der Waals surface area contributed by atoms with Crippen molar-refractivity contribution in [3.63, 3.8) is 0 Å². The number of aliphatic hydroxyl groups excluding tert-OH is 1. The highest BCUT2D eigenvalue weighted by Crippen LogP contribution is 2.27. The van der Waals surface area contributed by atoms with Crippen LogP contribution in [-0.4, -0.2) is 35.0 Å². The van der Waals surface area contributed by atoms with E-state index in [1.807, 2.05) is 78.9 Å². The number of nitrogens with one attached hydrogen (secondary N) is 1. The minimum absolute atomic E-state index is 0.0187. The molecule has 0 unspecified atom stereocenters. The molecule has 156 valence electrons. The van der Waals surface area contributed by atoms with Crippen molar-refractivity contribution < 1.29 is 19.4 Å². The maximum atomic E-state index is 12.3. The van der Waals surface area contributed by atoms with Crippen molar-refractivity contribution >= 4 is 17.5 Å². The first kappa shape index (κ1) is 20.4. The highest BCUT2D eigenvalue weighted by atomic mass is 16.5. The average molecular weight is 414 g/mol. The zero-order valence-electron chi connectivity index (χ0n) is 16.8. The number of imide groups is 1. The lowest BCUT2D eigenvalue weighted by molar-refractivity contribution is -0.137. The van der Waals surface area contributed by atoms with Gasteiger partial charge in [-0.3, -0.25) is 14.5 Å². The van der Waals surface area contributed by atoms with Crippen LogP contribution in [0.5, 0.6) is 5.75 Å². The predicted molar refractivity (Wildman–Crippen MR) is 118 cm³/mol. The van der Waals surface area contributed by atoms with Crippen LogP contribution >= 0.6 is 0 Å². The van der Waals surface area contributed by atoms with Gasteiger partial charge < -0.3 is 15.2 Å². The van der Waals surface area contributed by atoms with Gasteiger partial charge in [-0.15, -0.1) is 0 Å². The van der Waals surface area contributed by atoms with Gasteiger partial charge in [0.2, 0.25) is 0 Å². The molecule has 31 heavy (non-hydrogen) atoms. The van der Waals surface area contributed by atoms with Gasteiger partial charge in [0.05, 0.1) is 13.2 Å². The molecule has 0 atom stereocenters. The molecule has 0 fully saturated rings. The largest absolute Gasteiger partial charge is 0.489 e. The Kier molecular flexibility index (Phi) is 6.10. The number of hydrogen-bond acceptors (Lipinski definition) is 5. The quantitative estimate of drug-likeness (QED) is 0.551. The Labute approximate surface area is 180 Å². The van der Waals surface area contributed by atoms with Gasteiger partial charge in [0.15, 0.2) is 0 Å². The van der Waals surface area contributed by atoms with Crippen LogP contribution < -0.4 is 10.1 Å². The molecule has 1 heterocycles. The normalized spacial score (nSPS) is 13.3. The molecule has 0 spiro atoms. The Balaban J connectivity index is 1.48. The molecule has 0 saturated heterocycles. The van der Waals surface area contributed by atoms with Crippen LogP contribution in [-0.2, 0) is 16.2 Å². The molecule has 1 aliphatic rings. The van der Waals surface area contributed by atoms with Crippen molar-refractivity contribution in [2.45, 2.75) is 6.61 Å². The zero-order chi connectivity index (χ0) is 21.6. The molecule has 3 aromatic carbocycles. The van der Waals surface area contributed by atoms with Gasteiger partial charge >= 0.3 is 0 Å². The topological polar surface area (TPSA) is 78.9 Å². The number of ether oxygens (including phenoxy) is 1. The van der Waals surface area contributed by atoms with Gasteiger partial charge in [0, 0.05) is 11.8 Å². The minimum atomic E-state index is -0.444. The number of hydrogen-bond donors (Lipinski definition) is 2. The monoisotopic (exact) mass is 414 g/mol. The number of benzene rings is 3. The second-order valence-corrected chi connectivity index (χ2v) is 7.08. The first-order valence-electron chi connectivity index (χ1n) is 9.97. The highest BCUT2D eigenvalue weighted by Gasteiger charge is 2.30. The third-order valence-electron chi connectivity index (χ3n) is 4.89. The fraction of sp³-hybridized carbons (Fsp3) is 0.120. The van der Waals surface area contributed by atoms with E-state index in [-0.39, 0.29) is 18.8 Å². The number of carbonyl (C=O) groups excluding carboxylic acids is 2. The highest BCUT2D eigenvalue weighted by molar-refractivity contribution is 6.17. The molecule has 0 saturated carbocycles. The van der Waals surface area contributed by atoms with E-state index in [0.717, 1.165) is 27.3 Å². The molecule has 2 amide bonds. The number of β-amino-alcohol motifs (C(OH)–C–C–N with tert-alkyl or cyclic N) is 1. The first-order valence-corrected chi connectivity index (χ1v) is 9.97. The van der Waals surface area contributed by atoms with Crippen LogP contribution in [0.15, 0.2) is 90.6 Å². The molecule has 0 aromatic heterocycles. The second kappa shape index (κ2) is 9.28. The van der Waals surface area contributed by atoms with E-state index in [0.29, 0.717) is 12.3 Å². The van der Waals surface area contributed by atoms with Crippen molar-refractivity contribution in [1.82, 2.24) is 4.90 Å². The molecule has 0 radical (unpaired) electrons. The van der Waals surface area contributed by atoms with Gasteiger partial charge in [-0.1, -0.05) is 54.6 Å². The van der Waals surface area contributed by atoms with Gasteiger partial charge in [0.25, 0.3) is 11.8 Å². The Morgan fingerprint density at radius 2 is 1.61 bits per heavy atom. The van der Waals surface area contributed by atoms with E-state index in [4.69, 9.17) is 9.84 Å². The zero-order valence-corrected chi connectivity index (χ0v) is 16.8. The molecule has 0 aliphatic carbocycles. The van der Waals surface area contributed by atoms with E-state index < -0.39 is 11.8 Å². The Hall–Kier alpha value is -3.90. The number of nitrogens with zero attached hydrogens (tertiary/aromatic N) is 1. The lowest BCUT2D eigenvalue weighted by Crippen LogP contribution is -2.34. The summed E-state index contributed by atoms with van der Waals surface area (Å²) in [6, 6.07) is 25.4. The molecule has 4 rings (SSSR count). The van der Waals surface area contributed by atoms with E-state index in [9.17, 15) is 9.59 Å². The predicted octanol–water partition coefficient (Wildman–Crippen LogP) is 3.59. The Bertz CT molecular complexity index is 1130. The van der Waals surface area contributed by atoms with E-state index in [1.54, 1.807) is 0 Å². The summed E-state index contributed by atoms with van der Waals surface area (Å²) >= 11 is 0. The number of carbonyl (C=O) groups is 2. The summed E-state index contributed by atoms with van der Waals surface area (Å²) in [7, 11) is 0. The number of anilines is 1. The summed E-state index contributed by atoms with van der Waals surface area (Å²) in [5.74, 6) is -0.111. The molecule has 1 aliphatic heterocycles. The number of amides is 2. The van der Waals surface area contributed by atoms with Crippen molar-refractivity contribution in [2.24, 2.45) is 0 Å². The third-order valence-corrected chi connectivity index (χ3v) is 4.89. The molecular weight excluding hydrogens is 392 g/mol. The average Bonchev–Trinajstić information content (AvgIpc) is 3.06. The molecule has 0 bridgehead atoms. The summed E-state index contributed by atoms with van der Waals surface area (Å²) < 4.78 is 5.92. The summed E-state index contributed by atoms with van der Waals surface area (Å²) in [6.07, 6.45) is 1.25. The smallest absolute Gasteiger partial charge is 0.277 e. The second-order valence-electron chi connectivity index (χ2n) is 7.08. The van der Waals surface area contributed by atoms with Crippen LogP contribution in [0.2, 0.25) is 0 Å². The fourth-order valence-corrected chi connectivity index (χ4v) is 3.35. The van der Waals surface area contributed by atoms with Crippen LogP contribution in [0.25, 0.3) is 11.1 Å². The molecule has 3 aromatic rings. The lowest BCUT2D eigenvalue weighted by Gasteiger charge is -2.14. The van der Waals surface area contributed by atoms with Gasteiger partial charge in [-0.05, 0) is 41.0 Å². The molecule has 6 heteroatoms. The van der Waals surface area contributed by atoms with Crippen LogP contribution in [0.1, 0.15) is 5.56 Å². The first-order chi connectivity index (χ1) is 15.1. The molecule has 2 N–H and O–H groups in total. The maximum absolute atomic E-state index is 12.3.